The molecule has 0 aromatic heterocycles. The molecule has 0 radical (unpaired) electrons. The van der Waals surface area contributed by atoms with Crippen LogP contribution in [0.4, 0.5) is 5.69 Å². The monoisotopic (exact) mass is 257 g/mol. The second-order valence-corrected chi connectivity index (χ2v) is 4.00. The molecule has 2 aromatic rings. The first-order valence-corrected chi connectivity index (χ1v) is 5.58. The van der Waals surface area contributed by atoms with E-state index < -0.39 is 4.92 Å². The first kappa shape index (κ1) is 12.8. The molecule has 0 spiro atoms. The fourth-order valence-corrected chi connectivity index (χ4v) is 1.59. The molecule has 0 amide bonds. The summed E-state index contributed by atoms with van der Waals surface area (Å²) in [7, 11) is 0. The number of benzene rings is 2. The molecule has 5 heteroatoms. The Morgan fingerprint density at radius 3 is 2.68 bits per heavy atom. The Kier molecular flexibility index (Phi) is 3.56. The van der Waals surface area contributed by atoms with E-state index in [-0.39, 0.29) is 5.69 Å². The number of non-ortho nitro benzene ring substituents is 1. The van der Waals surface area contributed by atoms with Crippen LogP contribution in [-0.2, 0) is 0 Å². The van der Waals surface area contributed by atoms with Gasteiger partial charge in [0.1, 0.15) is 17.8 Å². The van der Waals surface area contributed by atoms with E-state index in [4.69, 9.17) is 4.74 Å². The van der Waals surface area contributed by atoms with E-state index in [0.29, 0.717) is 23.3 Å². The maximum Gasteiger partial charge on any atom is 0.273 e. The highest BCUT2D eigenvalue weighted by atomic mass is 16.6. The van der Waals surface area contributed by atoms with Crippen LogP contribution >= 0.6 is 0 Å². The number of aldehydes is 1. The topological polar surface area (TPSA) is 69.4 Å². The zero-order valence-corrected chi connectivity index (χ0v) is 10.2. The molecule has 0 aliphatic heterocycles. The zero-order chi connectivity index (χ0) is 13.8. The van der Waals surface area contributed by atoms with Gasteiger partial charge < -0.3 is 4.74 Å². The predicted octanol–water partition coefficient (Wildman–Crippen LogP) is 3.51. The third kappa shape index (κ3) is 2.95. The van der Waals surface area contributed by atoms with E-state index in [0.717, 1.165) is 5.56 Å². The number of nitrogens with zero attached hydrogens (tertiary/aromatic N) is 1. The second-order valence-electron chi connectivity index (χ2n) is 4.00. The molecule has 0 N–H and O–H groups in total. The number of hydrogen-bond donors (Lipinski definition) is 0. The molecule has 0 fully saturated rings. The van der Waals surface area contributed by atoms with Gasteiger partial charge in [0.15, 0.2) is 0 Å². The molecule has 0 atom stereocenters. The molecule has 0 heterocycles. The lowest BCUT2D eigenvalue weighted by atomic mass is 10.2. The highest BCUT2D eigenvalue weighted by molar-refractivity contribution is 5.75. The normalized spacial score (nSPS) is 9.95. The summed E-state index contributed by atoms with van der Waals surface area (Å²) in [5.74, 6) is 0.866. The summed E-state index contributed by atoms with van der Waals surface area (Å²) in [4.78, 5) is 20.9. The summed E-state index contributed by atoms with van der Waals surface area (Å²) < 4.78 is 5.58. The smallest absolute Gasteiger partial charge is 0.273 e. The van der Waals surface area contributed by atoms with Crippen molar-refractivity contribution in [1.82, 2.24) is 0 Å². The van der Waals surface area contributed by atoms with Gasteiger partial charge in [0.2, 0.25) is 0 Å². The largest absolute Gasteiger partial charge is 0.457 e. The average molecular weight is 257 g/mol. The molecule has 2 rings (SSSR count). The maximum absolute atomic E-state index is 10.7. The van der Waals surface area contributed by atoms with Gasteiger partial charge in [-0.1, -0.05) is 12.1 Å². The minimum absolute atomic E-state index is 0.0351. The fourth-order valence-electron chi connectivity index (χ4n) is 1.59. The number of rotatable bonds is 4. The van der Waals surface area contributed by atoms with E-state index in [1.807, 2.05) is 0 Å². The number of nitro benzene ring substituents is 1. The van der Waals surface area contributed by atoms with Crippen molar-refractivity contribution < 1.29 is 14.5 Å². The van der Waals surface area contributed by atoms with Crippen LogP contribution in [0.1, 0.15) is 15.9 Å². The zero-order valence-electron chi connectivity index (χ0n) is 10.2. The number of nitro groups is 1. The first-order chi connectivity index (χ1) is 9.10. The third-order valence-electron chi connectivity index (χ3n) is 2.60. The molecular formula is C14H11NO4. The number of hydrogen-bond acceptors (Lipinski definition) is 4. The molecule has 0 aliphatic rings. The number of carbonyl (C=O) groups is 1. The van der Waals surface area contributed by atoms with Crippen molar-refractivity contribution in [1.29, 1.82) is 0 Å². The van der Waals surface area contributed by atoms with E-state index in [1.54, 1.807) is 37.3 Å². The van der Waals surface area contributed by atoms with Crippen molar-refractivity contribution in [2.24, 2.45) is 0 Å². The Labute approximate surface area is 109 Å². The van der Waals surface area contributed by atoms with Gasteiger partial charge >= 0.3 is 0 Å². The fraction of sp³-hybridized carbons (Fsp3) is 0.0714. The summed E-state index contributed by atoms with van der Waals surface area (Å²) in [5, 5.41) is 10.7. The van der Waals surface area contributed by atoms with Gasteiger partial charge in [-0.3, -0.25) is 14.9 Å². The highest BCUT2D eigenvalue weighted by Crippen LogP contribution is 2.29. The Morgan fingerprint density at radius 1 is 1.21 bits per heavy atom. The van der Waals surface area contributed by atoms with Crippen LogP contribution in [0.15, 0.2) is 42.5 Å². The molecule has 0 unspecified atom stereocenters. The summed E-state index contributed by atoms with van der Waals surface area (Å²) >= 11 is 0. The molecule has 96 valence electrons. The summed E-state index contributed by atoms with van der Waals surface area (Å²) in [6.07, 6.45) is 0.715. The Morgan fingerprint density at radius 2 is 2.00 bits per heavy atom. The maximum atomic E-state index is 10.7. The second kappa shape index (κ2) is 5.30. The van der Waals surface area contributed by atoms with E-state index in [1.165, 1.54) is 12.1 Å². The van der Waals surface area contributed by atoms with Crippen molar-refractivity contribution in [3.63, 3.8) is 0 Å². The van der Waals surface area contributed by atoms with Gasteiger partial charge in [0.05, 0.1) is 11.0 Å². The van der Waals surface area contributed by atoms with Gasteiger partial charge in [0, 0.05) is 11.6 Å². The summed E-state index contributed by atoms with van der Waals surface area (Å²) in [6.45, 7) is 1.79. The van der Waals surface area contributed by atoms with Crippen molar-refractivity contribution in [2.45, 2.75) is 6.92 Å². The number of ether oxygens (including phenoxy) is 1. The van der Waals surface area contributed by atoms with Gasteiger partial charge in [-0.2, -0.15) is 0 Å². The molecule has 0 saturated heterocycles. The molecular weight excluding hydrogens is 246 g/mol. The van der Waals surface area contributed by atoms with Crippen LogP contribution in [0.25, 0.3) is 0 Å². The molecule has 19 heavy (non-hydrogen) atoms. The van der Waals surface area contributed by atoms with Crippen LogP contribution in [0.5, 0.6) is 11.5 Å². The van der Waals surface area contributed by atoms with Crippen LogP contribution in [-0.4, -0.2) is 11.2 Å². The molecule has 0 bridgehead atoms. The lowest BCUT2D eigenvalue weighted by molar-refractivity contribution is -0.384. The third-order valence-corrected chi connectivity index (χ3v) is 2.60. The molecule has 0 saturated carbocycles. The van der Waals surface area contributed by atoms with Crippen molar-refractivity contribution in [3.8, 4) is 11.5 Å². The van der Waals surface area contributed by atoms with Crippen LogP contribution < -0.4 is 4.74 Å². The highest BCUT2D eigenvalue weighted by Gasteiger charge is 2.10. The van der Waals surface area contributed by atoms with E-state index in [9.17, 15) is 14.9 Å². The van der Waals surface area contributed by atoms with Gasteiger partial charge in [-0.15, -0.1) is 0 Å². The quantitative estimate of drug-likeness (QED) is 0.477. The number of carbonyl (C=O) groups excluding carboxylic acids is 1. The molecule has 5 nitrogen and oxygen atoms in total. The van der Waals surface area contributed by atoms with Crippen LogP contribution in [0, 0.1) is 17.0 Å². The average Bonchev–Trinajstić information content (AvgIpc) is 2.41. The Bertz CT molecular complexity index is 637. The predicted molar refractivity (Wildman–Crippen MR) is 69.7 cm³/mol. The molecule has 2 aromatic carbocycles. The Hall–Kier alpha value is -2.69. The van der Waals surface area contributed by atoms with Crippen molar-refractivity contribution in [3.05, 3.63) is 63.7 Å². The SMILES string of the molecule is Cc1ccc([N+](=O)[O-])cc1Oc1cccc(C=O)c1. The van der Waals surface area contributed by atoms with Gasteiger partial charge in [-0.05, 0) is 30.7 Å². The molecule has 0 aliphatic carbocycles. The van der Waals surface area contributed by atoms with Gasteiger partial charge in [-0.25, -0.2) is 0 Å². The van der Waals surface area contributed by atoms with Crippen LogP contribution in [0.2, 0.25) is 0 Å². The Balaban J connectivity index is 2.34. The van der Waals surface area contributed by atoms with Crippen molar-refractivity contribution in [2.75, 3.05) is 0 Å². The minimum atomic E-state index is -0.478. The van der Waals surface area contributed by atoms with E-state index >= 15 is 0 Å². The standard InChI is InChI=1S/C14H11NO4/c1-10-5-6-12(15(17)18)8-14(10)19-13-4-2-3-11(7-13)9-16/h2-9H,1H3. The lowest BCUT2D eigenvalue weighted by Crippen LogP contribution is -1.92. The lowest BCUT2D eigenvalue weighted by Gasteiger charge is -2.08. The minimum Gasteiger partial charge on any atom is -0.457 e. The number of aryl methyl sites for hydroxylation is 1. The van der Waals surface area contributed by atoms with Gasteiger partial charge in [0.25, 0.3) is 5.69 Å². The summed E-state index contributed by atoms with van der Waals surface area (Å²) in [5.41, 5.74) is 1.23. The first-order valence-electron chi connectivity index (χ1n) is 5.58. The summed E-state index contributed by atoms with van der Waals surface area (Å²) in [6, 6.07) is 11.0. The van der Waals surface area contributed by atoms with E-state index in [2.05, 4.69) is 0 Å². The van der Waals surface area contributed by atoms with Crippen LogP contribution in [0.3, 0.4) is 0 Å². The van der Waals surface area contributed by atoms with Crippen molar-refractivity contribution >= 4 is 12.0 Å².